The van der Waals surface area contributed by atoms with Crippen molar-refractivity contribution < 1.29 is 36.6 Å². The first-order valence-corrected chi connectivity index (χ1v) is 9.07. The maximum absolute atomic E-state index is 14.0. The molecule has 1 aromatic carbocycles. The van der Waals surface area contributed by atoms with Gasteiger partial charge in [0.2, 0.25) is 11.8 Å². The van der Waals surface area contributed by atoms with Crippen molar-refractivity contribution in [2.45, 2.75) is 43.5 Å². The SMILES string of the molecule is C[C@](O)(CC(=O)NC1(c2cccc(OCC(F)(F)F)n2)CC1)c1c(F)cccc1F. The van der Waals surface area contributed by atoms with Crippen molar-refractivity contribution >= 4 is 5.91 Å². The van der Waals surface area contributed by atoms with Crippen molar-refractivity contribution in [3.8, 4) is 5.88 Å². The molecule has 2 aromatic rings. The number of carbonyl (C=O) groups is 1. The van der Waals surface area contributed by atoms with Crippen LogP contribution < -0.4 is 10.1 Å². The maximum Gasteiger partial charge on any atom is 0.422 e. The standard InChI is InChI=1S/C20H19F5N2O3/c1-18(29,17-12(21)4-2-5-13(17)22)10-15(28)27-19(8-9-19)14-6-3-7-16(26-14)30-11-20(23,24)25/h2-7,29H,8-11H2,1H3,(H,27,28)/t18-/m0/s1. The first-order valence-electron chi connectivity index (χ1n) is 9.07. The van der Waals surface area contributed by atoms with E-state index in [4.69, 9.17) is 0 Å². The summed E-state index contributed by atoms with van der Waals surface area (Å²) in [6.45, 7) is -0.378. The van der Waals surface area contributed by atoms with Gasteiger partial charge in [-0.15, -0.1) is 0 Å². The second kappa shape index (κ2) is 7.82. The van der Waals surface area contributed by atoms with E-state index in [1.165, 1.54) is 18.2 Å². The molecule has 1 aliphatic carbocycles. The minimum atomic E-state index is -4.52. The summed E-state index contributed by atoms with van der Waals surface area (Å²) in [6.07, 6.45) is -4.22. The Balaban J connectivity index is 1.71. The minimum absolute atomic E-state index is 0.245. The van der Waals surface area contributed by atoms with Crippen LogP contribution >= 0.6 is 0 Å². The van der Waals surface area contributed by atoms with Crippen LogP contribution in [0.5, 0.6) is 5.88 Å². The average Bonchev–Trinajstić information content (AvgIpc) is 3.39. The van der Waals surface area contributed by atoms with Crippen LogP contribution in [0.3, 0.4) is 0 Å². The molecule has 3 rings (SSSR count). The molecule has 0 unspecified atom stereocenters. The van der Waals surface area contributed by atoms with Gasteiger partial charge in [0.15, 0.2) is 6.61 Å². The van der Waals surface area contributed by atoms with Crippen LogP contribution in [0.2, 0.25) is 0 Å². The lowest BCUT2D eigenvalue weighted by molar-refractivity contribution is -0.154. The summed E-state index contributed by atoms with van der Waals surface area (Å²) in [5.74, 6) is -2.90. The summed E-state index contributed by atoms with van der Waals surface area (Å²) >= 11 is 0. The third-order valence-corrected chi connectivity index (χ3v) is 4.73. The quantitative estimate of drug-likeness (QED) is 0.658. The Labute approximate surface area is 168 Å². The Bertz CT molecular complexity index is 922. The van der Waals surface area contributed by atoms with Crippen molar-refractivity contribution in [1.29, 1.82) is 0 Å². The van der Waals surface area contributed by atoms with Gasteiger partial charge in [-0.25, -0.2) is 13.8 Å². The van der Waals surface area contributed by atoms with Crippen LogP contribution in [0.1, 0.15) is 37.4 Å². The number of pyridine rings is 1. The Hall–Kier alpha value is -2.75. The number of hydrogen-bond donors (Lipinski definition) is 2. The second-order valence-electron chi connectivity index (χ2n) is 7.44. The molecule has 10 heteroatoms. The number of halogens is 5. The number of nitrogens with one attached hydrogen (secondary N) is 1. The Morgan fingerprint density at radius 2 is 1.77 bits per heavy atom. The number of nitrogens with zero attached hydrogens (tertiary/aromatic N) is 1. The first-order chi connectivity index (χ1) is 13.9. The molecule has 1 heterocycles. The van der Waals surface area contributed by atoms with Crippen LogP contribution in [0.25, 0.3) is 0 Å². The van der Waals surface area contributed by atoms with Crippen LogP contribution in [-0.4, -0.2) is 28.8 Å². The Kier molecular flexibility index (Phi) is 5.72. The lowest BCUT2D eigenvalue weighted by Crippen LogP contribution is -2.40. The molecule has 2 N–H and O–H groups in total. The number of alkyl halides is 3. The van der Waals surface area contributed by atoms with E-state index < -0.39 is 53.4 Å². The number of aliphatic hydroxyl groups is 1. The van der Waals surface area contributed by atoms with Gasteiger partial charge in [-0.1, -0.05) is 12.1 Å². The molecule has 1 aliphatic rings. The molecule has 1 aromatic heterocycles. The van der Waals surface area contributed by atoms with Crippen molar-refractivity contribution in [3.63, 3.8) is 0 Å². The highest BCUT2D eigenvalue weighted by atomic mass is 19.4. The van der Waals surface area contributed by atoms with Gasteiger partial charge in [0.25, 0.3) is 0 Å². The van der Waals surface area contributed by atoms with E-state index in [-0.39, 0.29) is 5.88 Å². The Morgan fingerprint density at radius 1 is 1.17 bits per heavy atom. The van der Waals surface area contributed by atoms with E-state index in [1.54, 1.807) is 0 Å². The smallest absolute Gasteiger partial charge is 0.422 e. The number of hydrogen-bond acceptors (Lipinski definition) is 4. The summed E-state index contributed by atoms with van der Waals surface area (Å²) < 4.78 is 69.6. The topological polar surface area (TPSA) is 71.5 Å². The van der Waals surface area contributed by atoms with E-state index in [2.05, 4.69) is 15.0 Å². The largest absolute Gasteiger partial charge is 0.468 e. The van der Waals surface area contributed by atoms with E-state index >= 15 is 0 Å². The highest BCUT2D eigenvalue weighted by Crippen LogP contribution is 2.45. The number of carbonyl (C=O) groups excluding carboxylic acids is 1. The summed E-state index contributed by atoms with van der Waals surface area (Å²) in [5.41, 5.74) is -3.36. The van der Waals surface area contributed by atoms with Gasteiger partial charge in [-0.05, 0) is 38.0 Å². The zero-order valence-electron chi connectivity index (χ0n) is 15.9. The molecule has 162 valence electrons. The van der Waals surface area contributed by atoms with Crippen molar-refractivity contribution in [2.24, 2.45) is 0 Å². The van der Waals surface area contributed by atoms with Gasteiger partial charge in [-0.3, -0.25) is 4.79 Å². The summed E-state index contributed by atoms with van der Waals surface area (Å²) in [6, 6.07) is 7.34. The lowest BCUT2D eigenvalue weighted by Gasteiger charge is -2.26. The molecule has 1 fully saturated rings. The van der Waals surface area contributed by atoms with Gasteiger partial charge < -0.3 is 15.2 Å². The zero-order valence-corrected chi connectivity index (χ0v) is 15.9. The second-order valence-corrected chi connectivity index (χ2v) is 7.44. The predicted octanol–water partition coefficient (Wildman–Crippen LogP) is 3.70. The predicted molar refractivity (Wildman–Crippen MR) is 95.4 cm³/mol. The van der Waals surface area contributed by atoms with Gasteiger partial charge in [0.05, 0.1) is 23.2 Å². The molecule has 0 spiro atoms. The van der Waals surface area contributed by atoms with Crippen molar-refractivity contribution in [3.05, 3.63) is 59.3 Å². The number of amides is 1. The highest BCUT2D eigenvalue weighted by Gasteiger charge is 2.48. The fourth-order valence-electron chi connectivity index (χ4n) is 3.21. The van der Waals surface area contributed by atoms with Gasteiger partial charge >= 0.3 is 6.18 Å². The van der Waals surface area contributed by atoms with Gasteiger partial charge in [0.1, 0.15) is 17.2 Å². The average molecular weight is 430 g/mol. The molecular formula is C20H19F5N2O3. The fraction of sp³-hybridized carbons (Fsp3) is 0.400. The monoisotopic (exact) mass is 430 g/mol. The van der Waals surface area contributed by atoms with E-state index in [0.29, 0.717) is 18.5 Å². The molecule has 0 bridgehead atoms. The van der Waals surface area contributed by atoms with Gasteiger partial charge in [0, 0.05) is 6.07 Å². The number of aromatic nitrogens is 1. The first kappa shape index (κ1) is 21.9. The fourth-order valence-corrected chi connectivity index (χ4v) is 3.21. The normalized spacial score (nSPS) is 17.2. The third-order valence-electron chi connectivity index (χ3n) is 4.73. The van der Waals surface area contributed by atoms with E-state index in [9.17, 15) is 31.9 Å². The summed E-state index contributed by atoms with van der Waals surface area (Å²) in [7, 11) is 0. The molecule has 1 saturated carbocycles. The number of benzene rings is 1. The van der Waals surface area contributed by atoms with Crippen molar-refractivity contribution in [2.75, 3.05) is 6.61 Å². The minimum Gasteiger partial charge on any atom is -0.468 e. The van der Waals surface area contributed by atoms with Crippen LogP contribution in [0.4, 0.5) is 22.0 Å². The highest BCUT2D eigenvalue weighted by molar-refractivity contribution is 5.78. The zero-order chi connectivity index (χ0) is 22.2. The third kappa shape index (κ3) is 5.05. The molecule has 0 saturated heterocycles. The van der Waals surface area contributed by atoms with E-state index in [1.807, 2.05) is 0 Å². The van der Waals surface area contributed by atoms with Crippen LogP contribution in [-0.2, 0) is 15.9 Å². The van der Waals surface area contributed by atoms with Crippen LogP contribution in [0.15, 0.2) is 36.4 Å². The van der Waals surface area contributed by atoms with Crippen molar-refractivity contribution in [1.82, 2.24) is 10.3 Å². The summed E-state index contributed by atoms with van der Waals surface area (Å²) in [4.78, 5) is 16.5. The summed E-state index contributed by atoms with van der Waals surface area (Å²) in [5, 5.41) is 13.2. The molecule has 1 amide bonds. The molecular weight excluding hydrogens is 411 g/mol. The van der Waals surface area contributed by atoms with Crippen LogP contribution in [0, 0.1) is 11.6 Å². The molecule has 0 aliphatic heterocycles. The number of rotatable bonds is 7. The van der Waals surface area contributed by atoms with E-state index in [0.717, 1.165) is 25.1 Å². The molecule has 1 atom stereocenters. The lowest BCUT2D eigenvalue weighted by atomic mass is 9.91. The Morgan fingerprint density at radius 3 is 2.33 bits per heavy atom. The number of ether oxygens (including phenoxy) is 1. The molecule has 30 heavy (non-hydrogen) atoms. The molecule has 0 radical (unpaired) electrons. The van der Waals surface area contributed by atoms with Gasteiger partial charge in [-0.2, -0.15) is 13.2 Å². The molecule has 5 nitrogen and oxygen atoms in total. The maximum atomic E-state index is 14.0.